The molecule has 0 amide bonds. The highest BCUT2D eigenvalue weighted by molar-refractivity contribution is 9.10. The molecule has 0 radical (unpaired) electrons. The highest BCUT2D eigenvalue weighted by Crippen LogP contribution is 2.38. The van der Waals surface area contributed by atoms with Gasteiger partial charge in [-0.25, -0.2) is 0 Å². The standard InChI is InChI=1S/C15H22BrNS/c1-10(2)11-6-7-14(17)15(8-11)18-13-5-3-4-12(16)9-13/h3-5,9-11,14-15H,6-8,17H2,1-2H3. The summed E-state index contributed by atoms with van der Waals surface area (Å²) >= 11 is 5.49. The van der Waals surface area contributed by atoms with E-state index in [1.165, 1.54) is 24.2 Å². The van der Waals surface area contributed by atoms with Crippen LogP contribution in [0.25, 0.3) is 0 Å². The predicted octanol–water partition coefficient (Wildman–Crippen LogP) is 4.69. The van der Waals surface area contributed by atoms with Gasteiger partial charge < -0.3 is 5.73 Å². The summed E-state index contributed by atoms with van der Waals surface area (Å²) in [5.41, 5.74) is 6.29. The van der Waals surface area contributed by atoms with Crippen molar-refractivity contribution in [2.45, 2.75) is 49.3 Å². The van der Waals surface area contributed by atoms with Gasteiger partial charge in [0, 0.05) is 20.7 Å². The molecule has 0 aromatic heterocycles. The van der Waals surface area contributed by atoms with Crippen LogP contribution in [0.1, 0.15) is 33.1 Å². The zero-order chi connectivity index (χ0) is 13.1. The molecule has 3 heteroatoms. The van der Waals surface area contributed by atoms with E-state index < -0.39 is 0 Å². The molecule has 1 saturated carbocycles. The molecule has 2 N–H and O–H groups in total. The molecule has 1 nitrogen and oxygen atoms in total. The Morgan fingerprint density at radius 1 is 1.33 bits per heavy atom. The molecular formula is C15H22BrNS. The summed E-state index contributed by atoms with van der Waals surface area (Å²) in [7, 11) is 0. The monoisotopic (exact) mass is 327 g/mol. The fourth-order valence-corrected chi connectivity index (χ4v) is 4.55. The Kier molecular flexibility index (Phi) is 5.16. The third-order valence-electron chi connectivity index (χ3n) is 3.91. The molecule has 0 spiro atoms. The average molecular weight is 328 g/mol. The third-order valence-corrected chi connectivity index (χ3v) is 5.77. The van der Waals surface area contributed by atoms with Gasteiger partial charge in [0.1, 0.15) is 0 Å². The molecular weight excluding hydrogens is 306 g/mol. The number of nitrogens with two attached hydrogens (primary N) is 1. The van der Waals surface area contributed by atoms with Crippen molar-refractivity contribution in [2.24, 2.45) is 17.6 Å². The van der Waals surface area contributed by atoms with Gasteiger partial charge in [-0.05, 0) is 49.3 Å². The van der Waals surface area contributed by atoms with Gasteiger partial charge >= 0.3 is 0 Å². The Morgan fingerprint density at radius 2 is 2.11 bits per heavy atom. The lowest BCUT2D eigenvalue weighted by atomic mass is 9.79. The SMILES string of the molecule is CC(C)C1CCC(N)C(Sc2cccc(Br)c2)C1. The fourth-order valence-electron chi connectivity index (χ4n) is 2.64. The van der Waals surface area contributed by atoms with Crippen molar-refractivity contribution in [3.63, 3.8) is 0 Å². The van der Waals surface area contributed by atoms with Crippen LogP contribution in [0.2, 0.25) is 0 Å². The van der Waals surface area contributed by atoms with E-state index in [1.807, 2.05) is 11.8 Å². The summed E-state index contributed by atoms with van der Waals surface area (Å²) in [6.07, 6.45) is 3.74. The Morgan fingerprint density at radius 3 is 2.78 bits per heavy atom. The number of hydrogen-bond acceptors (Lipinski definition) is 2. The summed E-state index contributed by atoms with van der Waals surface area (Å²) in [4.78, 5) is 1.33. The Bertz CT molecular complexity index is 394. The molecule has 2 rings (SSSR count). The zero-order valence-corrected chi connectivity index (χ0v) is 13.5. The van der Waals surface area contributed by atoms with Gasteiger partial charge in [0.15, 0.2) is 0 Å². The maximum absolute atomic E-state index is 6.29. The van der Waals surface area contributed by atoms with E-state index in [9.17, 15) is 0 Å². The highest BCUT2D eigenvalue weighted by atomic mass is 79.9. The van der Waals surface area contributed by atoms with Crippen LogP contribution >= 0.6 is 27.7 Å². The number of rotatable bonds is 3. The summed E-state index contributed by atoms with van der Waals surface area (Å²) < 4.78 is 1.15. The fraction of sp³-hybridized carbons (Fsp3) is 0.600. The molecule has 18 heavy (non-hydrogen) atoms. The second-order valence-corrected chi connectivity index (χ2v) is 7.82. The minimum Gasteiger partial charge on any atom is -0.327 e. The van der Waals surface area contributed by atoms with Crippen molar-refractivity contribution in [3.8, 4) is 0 Å². The number of hydrogen-bond donors (Lipinski definition) is 1. The smallest absolute Gasteiger partial charge is 0.0249 e. The summed E-state index contributed by atoms with van der Waals surface area (Å²) in [5.74, 6) is 1.62. The second-order valence-electron chi connectivity index (χ2n) is 5.59. The Balaban J connectivity index is 2.02. The van der Waals surface area contributed by atoms with E-state index in [0.717, 1.165) is 16.3 Å². The van der Waals surface area contributed by atoms with Gasteiger partial charge in [-0.15, -0.1) is 11.8 Å². The number of thioether (sulfide) groups is 1. The van der Waals surface area contributed by atoms with E-state index in [2.05, 4.69) is 54.0 Å². The van der Waals surface area contributed by atoms with Gasteiger partial charge in [-0.3, -0.25) is 0 Å². The van der Waals surface area contributed by atoms with Crippen LogP contribution in [0.3, 0.4) is 0 Å². The van der Waals surface area contributed by atoms with Crippen LogP contribution in [0.4, 0.5) is 0 Å². The van der Waals surface area contributed by atoms with Gasteiger partial charge in [-0.1, -0.05) is 35.8 Å². The van der Waals surface area contributed by atoms with E-state index >= 15 is 0 Å². The van der Waals surface area contributed by atoms with Crippen LogP contribution in [-0.2, 0) is 0 Å². The van der Waals surface area contributed by atoms with Crippen molar-refractivity contribution in [1.82, 2.24) is 0 Å². The van der Waals surface area contributed by atoms with E-state index in [1.54, 1.807) is 0 Å². The molecule has 0 bridgehead atoms. The summed E-state index contributed by atoms with van der Waals surface area (Å²) in [6, 6.07) is 8.89. The molecule has 0 heterocycles. The Labute approximate surface area is 123 Å². The van der Waals surface area contributed by atoms with Crippen molar-refractivity contribution in [1.29, 1.82) is 0 Å². The maximum Gasteiger partial charge on any atom is 0.0249 e. The van der Waals surface area contributed by atoms with Crippen molar-refractivity contribution in [2.75, 3.05) is 0 Å². The van der Waals surface area contributed by atoms with Crippen LogP contribution in [0.15, 0.2) is 33.6 Å². The van der Waals surface area contributed by atoms with Crippen LogP contribution < -0.4 is 5.73 Å². The molecule has 3 unspecified atom stereocenters. The molecule has 1 aliphatic rings. The molecule has 100 valence electrons. The number of halogens is 1. The first-order valence-electron chi connectivity index (χ1n) is 6.74. The van der Waals surface area contributed by atoms with Crippen LogP contribution in [0.5, 0.6) is 0 Å². The predicted molar refractivity (Wildman–Crippen MR) is 83.9 cm³/mol. The third kappa shape index (κ3) is 3.75. The van der Waals surface area contributed by atoms with Crippen molar-refractivity contribution >= 4 is 27.7 Å². The first-order chi connectivity index (χ1) is 8.56. The van der Waals surface area contributed by atoms with Gasteiger partial charge in [-0.2, -0.15) is 0 Å². The molecule has 0 saturated heterocycles. The van der Waals surface area contributed by atoms with Gasteiger partial charge in [0.2, 0.25) is 0 Å². The van der Waals surface area contributed by atoms with Crippen molar-refractivity contribution < 1.29 is 0 Å². The van der Waals surface area contributed by atoms with E-state index in [-0.39, 0.29) is 0 Å². The lowest BCUT2D eigenvalue weighted by Gasteiger charge is -2.35. The minimum atomic E-state index is 0.351. The minimum absolute atomic E-state index is 0.351. The lowest BCUT2D eigenvalue weighted by Crippen LogP contribution is -2.39. The normalized spacial score (nSPS) is 28.6. The number of benzene rings is 1. The molecule has 1 aliphatic carbocycles. The zero-order valence-electron chi connectivity index (χ0n) is 11.1. The maximum atomic E-state index is 6.29. The lowest BCUT2D eigenvalue weighted by molar-refractivity contribution is 0.266. The molecule has 1 aromatic rings. The topological polar surface area (TPSA) is 26.0 Å². The summed E-state index contributed by atoms with van der Waals surface area (Å²) in [5, 5.41) is 0.570. The second kappa shape index (κ2) is 6.44. The highest BCUT2D eigenvalue weighted by Gasteiger charge is 2.30. The first kappa shape index (κ1) is 14.4. The quantitative estimate of drug-likeness (QED) is 0.871. The molecule has 3 atom stereocenters. The van der Waals surface area contributed by atoms with E-state index in [4.69, 9.17) is 5.73 Å². The van der Waals surface area contributed by atoms with Crippen LogP contribution in [-0.4, -0.2) is 11.3 Å². The Hall–Kier alpha value is 0.01000. The van der Waals surface area contributed by atoms with Crippen LogP contribution in [0, 0.1) is 11.8 Å². The largest absolute Gasteiger partial charge is 0.327 e. The van der Waals surface area contributed by atoms with Crippen molar-refractivity contribution in [3.05, 3.63) is 28.7 Å². The summed E-state index contributed by atoms with van der Waals surface area (Å²) in [6.45, 7) is 4.67. The molecule has 1 fully saturated rings. The average Bonchev–Trinajstić information content (AvgIpc) is 2.31. The molecule has 1 aromatic carbocycles. The molecule has 0 aliphatic heterocycles. The van der Waals surface area contributed by atoms with Gasteiger partial charge in [0.05, 0.1) is 0 Å². The van der Waals surface area contributed by atoms with E-state index in [0.29, 0.717) is 11.3 Å². The van der Waals surface area contributed by atoms with Gasteiger partial charge in [0.25, 0.3) is 0 Å². The first-order valence-corrected chi connectivity index (χ1v) is 8.41.